The van der Waals surface area contributed by atoms with Crippen LogP contribution >= 0.6 is 23.1 Å². The second-order valence-corrected chi connectivity index (χ2v) is 11.5. The summed E-state index contributed by atoms with van der Waals surface area (Å²) in [6, 6.07) is 15.2. The van der Waals surface area contributed by atoms with Gasteiger partial charge in [-0.25, -0.2) is 0 Å². The van der Waals surface area contributed by atoms with Crippen LogP contribution in [0.5, 0.6) is 0 Å². The van der Waals surface area contributed by atoms with Crippen molar-refractivity contribution in [1.29, 1.82) is 0 Å². The van der Waals surface area contributed by atoms with E-state index < -0.39 is 0 Å². The van der Waals surface area contributed by atoms with Gasteiger partial charge in [-0.3, -0.25) is 9.78 Å². The van der Waals surface area contributed by atoms with Crippen LogP contribution in [0, 0.1) is 0 Å². The highest BCUT2D eigenvalue weighted by Crippen LogP contribution is 2.45. The molecule has 5 rings (SSSR count). The molecule has 1 fully saturated rings. The number of thioether (sulfide) groups is 1. The summed E-state index contributed by atoms with van der Waals surface area (Å²) >= 11 is 3.87. The van der Waals surface area contributed by atoms with Crippen molar-refractivity contribution >= 4 is 34.6 Å². The molecule has 2 aliphatic heterocycles. The van der Waals surface area contributed by atoms with Crippen LogP contribution in [0.2, 0.25) is 0 Å². The van der Waals surface area contributed by atoms with Crippen molar-refractivity contribution in [1.82, 2.24) is 15.2 Å². The predicted octanol–water partition coefficient (Wildman–Crippen LogP) is 6.18. The van der Waals surface area contributed by atoms with Gasteiger partial charge in [0.1, 0.15) is 0 Å². The standard InChI is InChI=1S/C29H33N3OS2/c33-27(10-9-22-6-5-14-30-20-22)31-15-3-4-16-32-17-11-23(12-18-32)28-25-8-2-1-7-24(25)21-35-29-26(28)13-19-34-29/h1-2,5-8,13-14,19-20H,3-4,9-12,15-18,21H2,(H,31,33). The van der Waals surface area contributed by atoms with Crippen LogP contribution in [-0.2, 0) is 17.0 Å². The lowest BCUT2D eigenvalue weighted by atomic mass is 9.87. The molecule has 1 N–H and O–H groups in total. The highest BCUT2D eigenvalue weighted by Gasteiger charge is 2.24. The van der Waals surface area contributed by atoms with E-state index in [4.69, 9.17) is 0 Å². The number of nitrogens with zero attached hydrogens (tertiary/aromatic N) is 2. The molecular weight excluding hydrogens is 470 g/mol. The molecule has 2 aromatic heterocycles. The molecule has 6 heteroatoms. The maximum atomic E-state index is 12.1. The van der Waals surface area contributed by atoms with Gasteiger partial charge in [0.2, 0.25) is 5.91 Å². The number of fused-ring (bicyclic) bond motifs is 2. The average Bonchev–Trinajstić information content (AvgIpc) is 3.30. The molecule has 0 spiro atoms. The zero-order valence-electron chi connectivity index (χ0n) is 20.2. The minimum Gasteiger partial charge on any atom is -0.356 e. The number of likely N-dealkylation sites (tertiary alicyclic amines) is 1. The highest BCUT2D eigenvalue weighted by atomic mass is 32.2. The second kappa shape index (κ2) is 12.0. The van der Waals surface area contributed by atoms with Crippen LogP contribution in [0.25, 0.3) is 5.57 Å². The second-order valence-electron chi connectivity index (χ2n) is 9.31. The quantitative estimate of drug-likeness (QED) is 0.373. The number of amides is 1. The molecule has 0 atom stereocenters. The summed E-state index contributed by atoms with van der Waals surface area (Å²) in [6.07, 6.45) is 9.33. The van der Waals surface area contributed by atoms with Gasteiger partial charge in [-0.1, -0.05) is 35.9 Å². The molecule has 182 valence electrons. The van der Waals surface area contributed by atoms with Crippen molar-refractivity contribution in [2.45, 2.75) is 48.5 Å². The Labute approximate surface area is 216 Å². The number of unbranched alkanes of at least 4 members (excludes halogenated alkanes) is 1. The van der Waals surface area contributed by atoms with E-state index in [1.54, 1.807) is 11.8 Å². The molecule has 4 heterocycles. The van der Waals surface area contributed by atoms with Crippen molar-refractivity contribution in [3.63, 3.8) is 0 Å². The van der Waals surface area contributed by atoms with E-state index in [2.05, 4.69) is 50.9 Å². The normalized spacial score (nSPS) is 15.9. The van der Waals surface area contributed by atoms with Crippen LogP contribution in [0.15, 0.2) is 70.0 Å². The number of carbonyl (C=O) groups excluding carboxylic acids is 1. The van der Waals surface area contributed by atoms with Gasteiger partial charge in [0, 0.05) is 49.8 Å². The summed E-state index contributed by atoms with van der Waals surface area (Å²) in [5.41, 5.74) is 8.61. The molecule has 0 saturated carbocycles. The third kappa shape index (κ3) is 6.24. The number of aromatic nitrogens is 1. The van der Waals surface area contributed by atoms with E-state index in [0.29, 0.717) is 6.42 Å². The first-order chi connectivity index (χ1) is 17.3. The zero-order valence-corrected chi connectivity index (χ0v) is 21.8. The zero-order chi connectivity index (χ0) is 23.9. The predicted molar refractivity (Wildman–Crippen MR) is 147 cm³/mol. The number of benzene rings is 1. The first-order valence-corrected chi connectivity index (χ1v) is 14.5. The molecule has 35 heavy (non-hydrogen) atoms. The summed E-state index contributed by atoms with van der Waals surface area (Å²) in [7, 11) is 0. The van der Waals surface area contributed by atoms with Gasteiger partial charge >= 0.3 is 0 Å². The van der Waals surface area contributed by atoms with E-state index >= 15 is 0 Å². The van der Waals surface area contributed by atoms with Gasteiger partial charge < -0.3 is 10.2 Å². The Morgan fingerprint density at radius 2 is 1.91 bits per heavy atom. The molecule has 0 aliphatic carbocycles. The van der Waals surface area contributed by atoms with E-state index in [0.717, 1.165) is 69.6 Å². The average molecular weight is 504 g/mol. The fraction of sp³-hybridized carbons (Fsp3) is 0.379. The van der Waals surface area contributed by atoms with Crippen LogP contribution in [0.3, 0.4) is 0 Å². The van der Waals surface area contributed by atoms with E-state index in [9.17, 15) is 4.79 Å². The molecular formula is C29H33N3OS2. The van der Waals surface area contributed by atoms with Gasteiger partial charge in [-0.15, -0.1) is 23.1 Å². The van der Waals surface area contributed by atoms with Crippen molar-refractivity contribution in [2.75, 3.05) is 26.2 Å². The van der Waals surface area contributed by atoms with Crippen molar-refractivity contribution in [2.24, 2.45) is 0 Å². The van der Waals surface area contributed by atoms with Crippen molar-refractivity contribution in [3.05, 3.63) is 88.1 Å². The Kier molecular flexibility index (Phi) is 8.34. The van der Waals surface area contributed by atoms with Gasteiger partial charge in [-0.05, 0) is 78.4 Å². The van der Waals surface area contributed by atoms with E-state index in [-0.39, 0.29) is 5.91 Å². The Bertz CT molecular complexity index is 1160. The molecule has 1 amide bonds. The van der Waals surface area contributed by atoms with Gasteiger partial charge in [-0.2, -0.15) is 0 Å². The number of hydrogen-bond acceptors (Lipinski definition) is 5. The van der Waals surface area contributed by atoms with Gasteiger partial charge in [0.25, 0.3) is 0 Å². The molecule has 3 aromatic rings. The summed E-state index contributed by atoms with van der Waals surface area (Å²) in [4.78, 5) is 18.8. The lowest BCUT2D eigenvalue weighted by Gasteiger charge is -2.30. The Morgan fingerprint density at radius 1 is 1.03 bits per heavy atom. The maximum absolute atomic E-state index is 12.1. The number of carbonyl (C=O) groups is 1. The molecule has 1 aromatic carbocycles. The maximum Gasteiger partial charge on any atom is 0.220 e. The van der Waals surface area contributed by atoms with Crippen LogP contribution in [0.4, 0.5) is 0 Å². The third-order valence-electron chi connectivity index (χ3n) is 6.94. The molecule has 1 saturated heterocycles. The van der Waals surface area contributed by atoms with Crippen molar-refractivity contribution in [3.8, 4) is 0 Å². The molecule has 0 radical (unpaired) electrons. The summed E-state index contributed by atoms with van der Waals surface area (Å²) in [5.74, 6) is 1.20. The van der Waals surface area contributed by atoms with Gasteiger partial charge in [0.05, 0.1) is 4.21 Å². The van der Waals surface area contributed by atoms with Crippen LogP contribution in [0.1, 0.15) is 54.4 Å². The minimum atomic E-state index is 0.137. The number of pyridine rings is 1. The van der Waals surface area contributed by atoms with Gasteiger partial charge in [0.15, 0.2) is 0 Å². The number of rotatable bonds is 8. The first-order valence-electron chi connectivity index (χ1n) is 12.7. The SMILES string of the molecule is O=C(CCc1cccnc1)NCCCCN1CCC(=C2c3ccccc3CSc3sccc32)CC1. The first kappa shape index (κ1) is 24.3. The third-order valence-corrected chi connectivity index (χ3v) is 9.23. The Morgan fingerprint density at radius 3 is 2.77 bits per heavy atom. The number of hydrogen-bond donors (Lipinski definition) is 1. The number of thiophene rings is 1. The fourth-order valence-electron chi connectivity index (χ4n) is 5.03. The number of nitrogens with one attached hydrogen (secondary N) is 1. The summed E-state index contributed by atoms with van der Waals surface area (Å²) < 4.78 is 1.47. The van der Waals surface area contributed by atoms with E-state index in [1.807, 2.05) is 41.4 Å². The fourth-order valence-corrected chi connectivity index (χ4v) is 7.13. The summed E-state index contributed by atoms with van der Waals surface area (Å²) in [5, 5.41) is 5.33. The highest BCUT2D eigenvalue weighted by molar-refractivity contribution is 8.00. The van der Waals surface area contributed by atoms with Crippen LogP contribution < -0.4 is 5.32 Å². The Hall–Kier alpha value is -2.41. The Balaban J connectivity index is 1.08. The molecule has 0 unspecified atom stereocenters. The monoisotopic (exact) mass is 503 g/mol. The minimum absolute atomic E-state index is 0.137. The van der Waals surface area contributed by atoms with E-state index in [1.165, 1.54) is 26.5 Å². The topological polar surface area (TPSA) is 45.2 Å². The summed E-state index contributed by atoms with van der Waals surface area (Å²) in [6.45, 7) is 4.14. The molecule has 4 nitrogen and oxygen atoms in total. The lowest BCUT2D eigenvalue weighted by Crippen LogP contribution is -2.32. The lowest BCUT2D eigenvalue weighted by molar-refractivity contribution is -0.121. The largest absolute Gasteiger partial charge is 0.356 e. The van der Waals surface area contributed by atoms with Crippen molar-refractivity contribution < 1.29 is 4.79 Å². The van der Waals surface area contributed by atoms with Crippen LogP contribution in [-0.4, -0.2) is 42.0 Å². The number of piperidine rings is 1. The molecule has 2 aliphatic rings. The smallest absolute Gasteiger partial charge is 0.220 e. The molecule has 0 bridgehead atoms. The number of aryl methyl sites for hydroxylation is 1.